The van der Waals surface area contributed by atoms with E-state index in [0.717, 1.165) is 5.00 Å². The molecule has 0 radical (unpaired) electrons. The molecule has 2 aromatic rings. The van der Waals surface area contributed by atoms with Crippen molar-refractivity contribution in [2.24, 2.45) is 0 Å². The van der Waals surface area contributed by atoms with E-state index in [4.69, 9.17) is 9.84 Å². The molecule has 0 aliphatic rings. The molecule has 0 atom stereocenters. The lowest BCUT2D eigenvalue weighted by Gasteiger charge is -2.01. The van der Waals surface area contributed by atoms with Gasteiger partial charge in [-0.2, -0.15) is 5.10 Å². The number of hydrogen-bond acceptors (Lipinski definition) is 4. The van der Waals surface area contributed by atoms with Gasteiger partial charge in [0.15, 0.2) is 11.4 Å². The highest BCUT2D eigenvalue weighted by molar-refractivity contribution is 7.12. The fourth-order valence-corrected chi connectivity index (χ4v) is 1.93. The molecule has 2 aromatic heterocycles. The van der Waals surface area contributed by atoms with E-state index >= 15 is 0 Å². The number of thiophene rings is 1. The molecule has 0 unspecified atom stereocenters. The van der Waals surface area contributed by atoms with Crippen molar-refractivity contribution in [2.75, 3.05) is 7.11 Å². The fraction of sp³-hybridized carbons (Fsp3) is 0.111. The third-order valence-electron chi connectivity index (χ3n) is 1.87. The summed E-state index contributed by atoms with van der Waals surface area (Å²) in [4.78, 5) is 11.0. The SMILES string of the molecule is COc1cnn(-c2cccs2)c1C(=O)O. The quantitative estimate of drug-likeness (QED) is 0.860. The van der Waals surface area contributed by atoms with E-state index in [1.807, 2.05) is 11.4 Å². The summed E-state index contributed by atoms with van der Waals surface area (Å²) in [5.41, 5.74) is 0.0416. The Balaban J connectivity index is 2.58. The van der Waals surface area contributed by atoms with E-state index in [9.17, 15) is 4.79 Å². The number of aromatic carboxylic acids is 1. The third kappa shape index (κ3) is 1.59. The first-order chi connectivity index (χ1) is 7.24. The molecule has 6 heteroatoms. The highest BCUT2D eigenvalue weighted by atomic mass is 32.1. The Labute approximate surface area is 89.5 Å². The van der Waals surface area contributed by atoms with Crippen molar-refractivity contribution in [3.8, 4) is 10.8 Å². The van der Waals surface area contributed by atoms with Crippen molar-refractivity contribution in [1.82, 2.24) is 9.78 Å². The van der Waals surface area contributed by atoms with Crippen LogP contribution in [0.5, 0.6) is 5.75 Å². The molecule has 5 nitrogen and oxygen atoms in total. The minimum atomic E-state index is -1.06. The molecule has 0 aliphatic carbocycles. The largest absolute Gasteiger partial charge is 0.493 e. The van der Waals surface area contributed by atoms with Gasteiger partial charge < -0.3 is 9.84 Å². The Morgan fingerprint density at radius 1 is 1.67 bits per heavy atom. The second-order valence-corrected chi connectivity index (χ2v) is 3.66. The van der Waals surface area contributed by atoms with Gasteiger partial charge in [0.25, 0.3) is 0 Å². The summed E-state index contributed by atoms with van der Waals surface area (Å²) in [6.45, 7) is 0. The molecule has 0 saturated heterocycles. The molecule has 2 rings (SSSR count). The van der Waals surface area contributed by atoms with Crippen molar-refractivity contribution in [3.63, 3.8) is 0 Å². The van der Waals surface area contributed by atoms with Gasteiger partial charge in [-0.3, -0.25) is 0 Å². The lowest BCUT2D eigenvalue weighted by atomic mass is 10.4. The van der Waals surface area contributed by atoms with E-state index in [1.54, 1.807) is 6.07 Å². The highest BCUT2D eigenvalue weighted by Gasteiger charge is 2.19. The zero-order valence-electron chi connectivity index (χ0n) is 7.88. The van der Waals surface area contributed by atoms with Gasteiger partial charge in [-0.05, 0) is 17.5 Å². The molecule has 15 heavy (non-hydrogen) atoms. The van der Waals surface area contributed by atoms with Gasteiger partial charge in [0.2, 0.25) is 0 Å². The van der Waals surface area contributed by atoms with Crippen LogP contribution in [0.3, 0.4) is 0 Å². The minimum Gasteiger partial charge on any atom is -0.493 e. The van der Waals surface area contributed by atoms with Crippen LogP contribution in [0.25, 0.3) is 5.00 Å². The van der Waals surface area contributed by atoms with Crippen molar-refractivity contribution in [2.45, 2.75) is 0 Å². The maximum atomic E-state index is 11.0. The number of aromatic nitrogens is 2. The topological polar surface area (TPSA) is 64.4 Å². The second kappa shape index (κ2) is 3.74. The van der Waals surface area contributed by atoms with Crippen LogP contribution < -0.4 is 4.74 Å². The molecule has 0 spiro atoms. The van der Waals surface area contributed by atoms with Gasteiger partial charge in [-0.1, -0.05) is 0 Å². The molecule has 0 fully saturated rings. The molecule has 2 heterocycles. The number of carboxylic acid groups (broad SMARTS) is 1. The molecular formula is C9H8N2O3S. The Hall–Kier alpha value is -1.82. The minimum absolute atomic E-state index is 0.0416. The van der Waals surface area contributed by atoms with Crippen LogP contribution in [0.2, 0.25) is 0 Å². The summed E-state index contributed by atoms with van der Waals surface area (Å²) in [6, 6.07) is 3.63. The van der Waals surface area contributed by atoms with Crippen LogP contribution in [0.15, 0.2) is 23.7 Å². The molecule has 0 aromatic carbocycles. The molecule has 1 N–H and O–H groups in total. The fourth-order valence-electron chi connectivity index (χ4n) is 1.24. The summed E-state index contributed by atoms with van der Waals surface area (Å²) in [5.74, 6) is -0.798. The van der Waals surface area contributed by atoms with Crippen molar-refractivity contribution < 1.29 is 14.6 Å². The van der Waals surface area contributed by atoms with Gasteiger partial charge >= 0.3 is 5.97 Å². The average Bonchev–Trinajstić information content (AvgIpc) is 2.85. The van der Waals surface area contributed by atoms with Gasteiger partial charge in [-0.25, -0.2) is 9.48 Å². The number of ether oxygens (including phenoxy) is 1. The predicted octanol–water partition coefficient (Wildman–Crippen LogP) is 1.64. The maximum Gasteiger partial charge on any atom is 0.358 e. The lowest BCUT2D eigenvalue weighted by Crippen LogP contribution is -2.07. The Morgan fingerprint density at radius 3 is 3.00 bits per heavy atom. The lowest BCUT2D eigenvalue weighted by molar-refractivity contribution is 0.0683. The molecule has 0 bridgehead atoms. The summed E-state index contributed by atoms with van der Waals surface area (Å²) in [7, 11) is 1.42. The first-order valence-electron chi connectivity index (χ1n) is 4.13. The number of rotatable bonds is 3. The van der Waals surface area contributed by atoms with E-state index in [0.29, 0.717) is 0 Å². The van der Waals surface area contributed by atoms with Crippen LogP contribution in [0.1, 0.15) is 10.5 Å². The molecule has 0 amide bonds. The highest BCUT2D eigenvalue weighted by Crippen LogP contribution is 2.23. The standard InChI is InChI=1S/C9H8N2O3S/c1-14-6-5-10-11(8(6)9(12)13)7-3-2-4-15-7/h2-5H,1H3,(H,12,13). The van der Waals surface area contributed by atoms with E-state index < -0.39 is 5.97 Å². The molecular weight excluding hydrogens is 216 g/mol. The van der Waals surface area contributed by atoms with E-state index in [2.05, 4.69) is 5.10 Å². The normalized spacial score (nSPS) is 10.2. The molecule has 78 valence electrons. The summed E-state index contributed by atoms with van der Waals surface area (Å²) in [6.07, 6.45) is 1.39. The van der Waals surface area contributed by atoms with Crippen LogP contribution >= 0.6 is 11.3 Å². The van der Waals surface area contributed by atoms with Crippen molar-refractivity contribution >= 4 is 17.3 Å². The average molecular weight is 224 g/mol. The first-order valence-corrected chi connectivity index (χ1v) is 5.01. The van der Waals surface area contributed by atoms with E-state index in [1.165, 1.54) is 29.3 Å². The zero-order valence-corrected chi connectivity index (χ0v) is 8.69. The Kier molecular flexibility index (Phi) is 2.42. The van der Waals surface area contributed by atoms with Crippen LogP contribution in [-0.2, 0) is 0 Å². The number of carbonyl (C=O) groups is 1. The van der Waals surface area contributed by atoms with Crippen LogP contribution in [-0.4, -0.2) is 28.0 Å². The number of hydrogen-bond donors (Lipinski definition) is 1. The second-order valence-electron chi connectivity index (χ2n) is 2.73. The number of carboxylic acids is 1. The van der Waals surface area contributed by atoms with Crippen molar-refractivity contribution in [3.05, 3.63) is 29.4 Å². The predicted molar refractivity (Wildman–Crippen MR) is 55.0 cm³/mol. The molecule has 0 saturated carbocycles. The van der Waals surface area contributed by atoms with Gasteiger partial charge in [-0.15, -0.1) is 11.3 Å². The maximum absolute atomic E-state index is 11.0. The Morgan fingerprint density at radius 2 is 2.47 bits per heavy atom. The van der Waals surface area contributed by atoms with Crippen molar-refractivity contribution in [1.29, 1.82) is 0 Å². The molecule has 0 aliphatic heterocycles. The Bertz CT molecular complexity index is 476. The van der Waals surface area contributed by atoms with E-state index in [-0.39, 0.29) is 11.4 Å². The van der Waals surface area contributed by atoms with Gasteiger partial charge in [0.05, 0.1) is 13.3 Å². The first kappa shape index (κ1) is 9.72. The van der Waals surface area contributed by atoms with Gasteiger partial charge in [0, 0.05) is 0 Å². The summed E-state index contributed by atoms with van der Waals surface area (Å²) < 4.78 is 6.28. The van der Waals surface area contributed by atoms with Gasteiger partial charge in [0.1, 0.15) is 5.00 Å². The van der Waals surface area contributed by atoms with Crippen LogP contribution in [0, 0.1) is 0 Å². The summed E-state index contributed by atoms with van der Waals surface area (Å²) >= 11 is 1.41. The monoisotopic (exact) mass is 224 g/mol. The smallest absolute Gasteiger partial charge is 0.358 e. The summed E-state index contributed by atoms with van der Waals surface area (Å²) in [5, 5.41) is 15.6. The third-order valence-corrected chi connectivity index (χ3v) is 2.72. The number of nitrogens with zero attached hydrogens (tertiary/aromatic N) is 2. The number of methoxy groups -OCH3 is 1. The van der Waals surface area contributed by atoms with Crippen LogP contribution in [0.4, 0.5) is 0 Å². The zero-order chi connectivity index (χ0) is 10.8.